The fourth-order valence-corrected chi connectivity index (χ4v) is 6.15. The van der Waals surface area contributed by atoms with Gasteiger partial charge >= 0.3 is 6.18 Å². The van der Waals surface area contributed by atoms with E-state index in [0.717, 1.165) is 103 Å². The molecule has 0 N–H and O–H groups in total. The molecule has 0 saturated heterocycles. The van der Waals surface area contributed by atoms with Gasteiger partial charge in [-0.15, -0.1) is 0 Å². The number of aromatic nitrogens is 1. The molecule has 5 rings (SSSR count). The SMILES string of the molecule is CCc1nc2cc3c(cc2o1)CCN(CCCSC1=NC(CC)C=C(c2ccc(C(F)(F)F)cc2)N1C)CC3. The van der Waals surface area contributed by atoms with Crippen LogP contribution >= 0.6 is 11.8 Å². The Labute approximate surface area is 232 Å². The molecule has 3 heterocycles. The van der Waals surface area contributed by atoms with Crippen LogP contribution in [0.25, 0.3) is 16.8 Å². The zero-order valence-electron chi connectivity index (χ0n) is 22.7. The number of aryl methyl sites for hydroxylation is 1. The van der Waals surface area contributed by atoms with Crippen LogP contribution in [0.1, 0.15) is 54.8 Å². The Morgan fingerprint density at radius 1 is 1.05 bits per heavy atom. The number of rotatable bonds is 7. The summed E-state index contributed by atoms with van der Waals surface area (Å²) >= 11 is 1.73. The highest BCUT2D eigenvalue weighted by Gasteiger charge is 2.30. The maximum absolute atomic E-state index is 13.0. The Kier molecular flexibility index (Phi) is 8.38. The second-order valence-corrected chi connectivity index (χ2v) is 11.2. The molecule has 0 spiro atoms. The molecule has 208 valence electrons. The summed E-state index contributed by atoms with van der Waals surface area (Å²) in [5, 5.41) is 0.920. The molecule has 2 aromatic carbocycles. The molecule has 0 amide bonds. The predicted octanol–water partition coefficient (Wildman–Crippen LogP) is 7.05. The number of amidine groups is 1. The summed E-state index contributed by atoms with van der Waals surface area (Å²) in [6, 6.07) is 9.82. The van der Waals surface area contributed by atoms with Crippen LogP contribution in [0.2, 0.25) is 0 Å². The summed E-state index contributed by atoms with van der Waals surface area (Å²) in [5.41, 5.74) is 5.64. The summed E-state index contributed by atoms with van der Waals surface area (Å²) in [6.07, 6.45) is 2.43. The summed E-state index contributed by atoms with van der Waals surface area (Å²) in [4.78, 5) is 14.0. The molecule has 9 heteroatoms. The van der Waals surface area contributed by atoms with Gasteiger partial charge in [-0.25, -0.2) is 4.98 Å². The Morgan fingerprint density at radius 3 is 2.44 bits per heavy atom. The number of thioether (sulfide) groups is 1. The van der Waals surface area contributed by atoms with Crippen LogP contribution in [0.15, 0.2) is 51.9 Å². The minimum absolute atomic E-state index is 0.0217. The van der Waals surface area contributed by atoms with E-state index in [2.05, 4.69) is 41.9 Å². The number of hydrogen-bond donors (Lipinski definition) is 0. The first-order chi connectivity index (χ1) is 18.7. The molecule has 2 aliphatic rings. The number of aliphatic imine (C=N–C) groups is 1. The van der Waals surface area contributed by atoms with E-state index in [-0.39, 0.29) is 6.04 Å². The molecule has 2 aliphatic heterocycles. The fourth-order valence-electron chi connectivity index (χ4n) is 5.19. The lowest BCUT2D eigenvalue weighted by molar-refractivity contribution is -0.137. The smallest absolute Gasteiger partial charge is 0.416 e. The molecule has 0 bridgehead atoms. The average Bonchev–Trinajstić information content (AvgIpc) is 3.23. The minimum atomic E-state index is -4.34. The van der Waals surface area contributed by atoms with E-state index in [4.69, 9.17) is 9.41 Å². The number of halogens is 3. The van der Waals surface area contributed by atoms with Crippen molar-refractivity contribution in [3.8, 4) is 0 Å². The van der Waals surface area contributed by atoms with Crippen molar-refractivity contribution in [2.24, 2.45) is 4.99 Å². The van der Waals surface area contributed by atoms with Crippen molar-refractivity contribution in [1.29, 1.82) is 0 Å². The van der Waals surface area contributed by atoms with Crippen LogP contribution < -0.4 is 0 Å². The lowest BCUT2D eigenvalue weighted by Gasteiger charge is -2.30. The molecule has 39 heavy (non-hydrogen) atoms. The lowest BCUT2D eigenvalue weighted by Crippen LogP contribution is -2.30. The first-order valence-electron chi connectivity index (χ1n) is 13.7. The topological polar surface area (TPSA) is 44.9 Å². The molecule has 0 fully saturated rings. The van der Waals surface area contributed by atoms with E-state index in [0.29, 0.717) is 0 Å². The maximum Gasteiger partial charge on any atom is 0.416 e. The minimum Gasteiger partial charge on any atom is -0.441 e. The van der Waals surface area contributed by atoms with Gasteiger partial charge in [0.05, 0.1) is 11.6 Å². The molecule has 1 unspecified atom stereocenters. The van der Waals surface area contributed by atoms with E-state index in [9.17, 15) is 13.2 Å². The van der Waals surface area contributed by atoms with Gasteiger partial charge in [-0.3, -0.25) is 4.99 Å². The highest BCUT2D eigenvalue weighted by molar-refractivity contribution is 8.13. The van der Waals surface area contributed by atoms with Gasteiger partial charge in [-0.1, -0.05) is 37.7 Å². The number of oxazole rings is 1. The molecule has 0 saturated carbocycles. The summed E-state index contributed by atoms with van der Waals surface area (Å²) in [6.45, 7) is 7.21. The monoisotopic (exact) mass is 556 g/mol. The van der Waals surface area contributed by atoms with Crippen LogP contribution in [-0.4, -0.2) is 58.4 Å². The molecule has 3 aromatic rings. The van der Waals surface area contributed by atoms with E-state index in [1.807, 2.05) is 11.9 Å². The van der Waals surface area contributed by atoms with Crippen molar-refractivity contribution >= 4 is 33.7 Å². The van der Waals surface area contributed by atoms with Gasteiger partial charge in [0.15, 0.2) is 16.6 Å². The molecule has 1 atom stereocenters. The Morgan fingerprint density at radius 2 is 1.77 bits per heavy atom. The third-order valence-corrected chi connectivity index (χ3v) is 8.63. The normalized spacial score (nSPS) is 18.6. The van der Waals surface area contributed by atoms with E-state index in [1.165, 1.54) is 11.1 Å². The largest absolute Gasteiger partial charge is 0.441 e. The van der Waals surface area contributed by atoms with Gasteiger partial charge in [0.2, 0.25) is 0 Å². The maximum atomic E-state index is 13.0. The second-order valence-electron chi connectivity index (χ2n) is 10.2. The standard InChI is InChI=1S/C30H35F3N4OS/c1-4-24-19-26(20-7-9-23(10-8-20)30(31,32)33)36(3)29(34-24)39-16-6-13-37-14-11-21-17-25-27(18-22(21)12-15-37)38-28(5-2)35-25/h7-10,17-19,24H,4-6,11-16H2,1-3H3. The van der Waals surface area contributed by atoms with Gasteiger partial charge in [0.1, 0.15) is 5.52 Å². The molecule has 5 nitrogen and oxygen atoms in total. The van der Waals surface area contributed by atoms with Crippen molar-refractivity contribution in [2.75, 3.05) is 32.4 Å². The van der Waals surface area contributed by atoms with Gasteiger partial charge in [-0.05, 0) is 79.3 Å². The van der Waals surface area contributed by atoms with Gasteiger partial charge in [0.25, 0.3) is 0 Å². The Balaban J connectivity index is 1.15. The van der Waals surface area contributed by atoms with Gasteiger partial charge in [-0.2, -0.15) is 13.2 Å². The third-order valence-electron chi connectivity index (χ3n) is 7.50. The number of alkyl halides is 3. The van der Waals surface area contributed by atoms with Crippen molar-refractivity contribution in [1.82, 2.24) is 14.8 Å². The van der Waals surface area contributed by atoms with Crippen LogP contribution in [0.5, 0.6) is 0 Å². The molecular weight excluding hydrogens is 521 g/mol. The fraction of sp³-hybridized carbons (Fsp3) is 0.467. The number of nitrogens with zero attached hydrogens (tertiary/aromatic N) is 4. The lowest BCUT2D eigenvalue weighted by atomic mass is 10.0. The molecule has 0 aliphatic carbocycles. The van der Waals surface area contributed by atoms with Crippen molar-refractivity contribution < 1.29 is 17.6 Å². The van der Waals surface area contributed by atoms with Crippen LogP contribution in [-0.2, 0) is 25.4 Å². The third kappa shape index (κ3) is 6.35. The summed E-state index contributed by atoms with van der Waals surface area (Å²) in [5.74, 6) is 1.73. The number of benzene rings is 2. The second kappa shape index (κ2) is 11.8. The van der Waals surface area contributed by atoms with Crippen LogP contribution in [0.3, 0.4) is 0 Å². The highest BCUT2D eigenvalue weighted by Crippen LogP contribution is 2.33. The van der Waals surface area contributed by atoms with Crippen LogP contribution in [0, 0.1) is 0 Å². The molecule has 0 radical (unpaired) electrons. The average molecular weight is 557 g/mol. The summed E-state index contributed by atoms with van der Waals surface area (Å²) < 4.78 is 45.0. The number of hydrogen-bond acceptors (Lipinski definition) is 6. The van der Waals surface area contributed by atoms with Crippen molar-refractivity contribution in [3.05, 3.63) is 70.6 Å². The number of fused-ring (bicyclic) bond motifs is 2. The van der Waals surface area contributed by atoms with Crippen molar-refractivity contribution in [2.45, 2.75) is 58.2 Å². The van der Waals surface area contributed by atoms with Crippen LogP contribution in [0.4, 0.5) is 13.2 Å². The first kappa shape index (κ1) is 27.8. The predicted molar refractivity (Wildman–Crippen MR) is 153 cm³/mol. The Hall–Kier alpha value is -2.78. The van der Waals surface area contributed by atoms with Gasteiger partial charge in [0, 0.05) is 38.0 Å². The molecular formula is C30H35F3N4OS. The van der Waals surface area contributed by atoms with E-state index >= 15 is 0 Å². The Bertz CT molecular complexity index is 1320. The zero-order valence-corrected chi connectivity index (χ0v) is 23.5. The first-order valence-corrected chi connectivity index (χ1v) is 14.7. The zero-order chi connectivity index (χ0) is 27.6. The van der Waals surface area contributed by atoms with E-state index in [1.54, 1.807) is 23.9 Å². The molecule has 1 aromatic heterocycles. The van der Waals surface area contributed by atoms with Gasteiger partial charge < -0.3 is 14.2 Å². The van der Waals surface area contributed by atoms with Crippen molar-refractivity contribution in [3.63, 3.8) is 0 Å². The highest BCUT2D eigenvalue weighted by atomic mass is 32.2. The quantitative estimate of drug-likeness (QED) is 0.292. The van der Waals surface area contributed by atoms with E-state index < -0.39 is 11.7 Å². The summed E-state index contributed by atoms with van der Waals surface area (Å²) in [7, 11) is 1.95.